The first-order chi connectivity index (χ1) is 12.0. The van der Waals surface area contributed by atoms with Crippen molar-refractivity contribution in [3.05, 3.63) is 35.7 Å². The van der Waals surface area contributed by atoms with Gasteiger partial charge in [-0.3, -0.25) is 4.79 Å². The molecule has 0 amide bonds. The van der Waals surface area contributed by atoms with Gasteiger partial charge in [0.15, 0.2) is 11.5 Å². The summed E-state index contributed by atoms with van der Waals surface area (Å²) in [4.78, 5) is 11.3. The van der Waals surface area contributed by atoms with Gasteiger partial charge in [-0.05, 0) is 37.6 Å². The molecule has 0 atom stereocenters. The maximum Gasteiger partial charge on any atom is 0.183 e. The second-order valence-corrected chi connectivity index (χ2v) is 6.15. The fourth-order valence-electron chi connectivity index (χ4n) is 2.36. The minimum atomic E-state index is -0.321. The van der Waals surface area contributed by atoms with Gasteiger partial charge in [0, 0.05) is 6.92 Å². The smallest absolute Gasteiger partial charge is 0.183 e. The van der Waals surface area contributed by atoms with Gasteiger partial charge in [-0.1, -0.05) is 45.4 Å². The predicted molar refractivity (Wildman–Crippen MR) is 100 cm³/mol. The lowest BCUT2D eigenvalue weighted by Gasteiger charge is -2.06. The summed E-state index contributed by atoms with van der Waals surface area (Å²) in [6, 6.07) is 7.21. The molecule has 0 saturated carbocycles. The number of ether oxygens (including phenoxy) is 1. The standard InChI is InChI=1S/C20H30N2O3/c1-4-5-6-7-8-9-10-15-25-19-13-11-18(12-14-19)21-22-20(16(2)23)17(3)24/h11-14,23H,4-10,15H2,1-3H3. The highest BCUT2D eigenvalue weighted by Gasteiger charge is 2.06. The minimum Gasteiger partial charge on any atom is -0.510 e. The molecule has 0 radical (unpaired) electrons. The van der Waals surface area contributed by atoms with Crippen LogP contribution in [0.15, 0.2) is 46.0 Å². The molecule has 0 unspecified atom stereocenters. The number of nitrogens with zero attached hydrogens (tertiary/aromatic N) is 2. The molecule has 0 saturated heterocycles. The van der Waals surface area contributed by atoms with Crippen LogP contribution in [-0.4, -0.2) is 17.5 Å². The number of rotatable bonds is 12. The molecule has 0 aromatic heterocycles. The lowest BCUT2D eigenvalue weighted by atomic mass is 10.1. The zero-order valence-electron chi connectivity index (χ0n) is 15.6. The van der Waals surface area contributed by atoms with E-state index in [9.17, 15) is 9.90 Å². The van der Waals surface area contributed by atoms with Gasteiger partial charge in [-0.2, -0.15) is 5.11 Å². The Bertz CT molecular complexity index is 573. The van der Waals surface area contributed by atoms with Crippen LogP contribution in [0.5, 0.6) is 5.75 Å². The third-order valence-electron chi connectivity index (χ3n) is 3.79. The number of ketones is 1. The Balaban J connectivity index is 2.34. The molecule has 1 aromatic carbocycles. The van der Waals surface area contributed by atoms with Crippen molar-refractivity contribution in [2.45, 2.75) is 65.7 Å². The van der Waals surface area contributed by atoms with E-state index in [-0.39, 0.29) is 17.2 Å². The van der Waals surface area contributed by atoms with E-state index in [2.05, 4.69) is 17.2 Å². The average molecular weight is 346 g/mol. The van der Waals surface area contributed by atoms with Crippen molar-refractivity contribution in [3.63, 3.8) is 0 Å². The second kappa shape index (κ2) is 12.2. The first-order valence-corrected chi connectivity index (χ1v) is 9.10. The lowest BCUT2D eigenvalue weighted by molar-refractivity contribution is -0.113. The molecular formula is C20H30N2O3. The van der Waals surface area contributed by atoms with E-state index in [4.69, 9.17) is 4.74 Å². The first kappa shape index (κ1) is 20.9. The van der Waals surface area contributed by atoms with Crippen molar-refractivity contribution in [2.24, 2.45) is 10.2 Å². The normalized spacial score (nSPS) is 12.3. The Morgan fingerprint density at radius 1 is 1.00 bits per heavy atom. The number of hydrogen-bond donors (Lipinski definition) is 1. The van der Waals surface area contributed by atoms with E-state index in [1.54, 1.807) is 12.1 Å². The van der Waals surface area contributed by atoms with Crippen LogP contribution in [0.1, 0.15) is 65.7 Å². The van der Waals surface area contributed by atoms with Gasteiger partial charge >= 0.3 is 0 Å². The van der Waals surface area contributed by atoms with Gasteiger partial charge in [0.1, 0.15) is 11.5 Å². The van der Waals surface area contributed by atoms with Crippen LogP contribution in [0.2, 0.25) is 0 Å². The van der Waals surface area contributed by atoms with E-state index in [0.717, 1.165) is 18.8 Å². The summed E-state index contributed by atoms with van der Waals surface area (Å²) in [7, 11) is 0. The van der Waals surface area contributed by atoms with Gasteiger partial charge in [0.25, 0.3) is 0 Å². The Labute approximate surface area is 150 Å². The van der Waals surface area contributed by atoms with Crippen LogP contribution in [0.4, 0.5) is 5.69 Å². The molecule has 5 heteroatoms. The zero-order chi connectivity index (χ0) is 18.5. The molecule has 1 N–H and O–H groups in total. The molecule has 138 valence electrons. The van der Waals surface area contributed by atoms with Crippen LogP contribution >= 0.6 is 0 Å². The van der Waals surface area contributed by atoms with Crippen LogP contribution in [0, 0.1) is 0 Å². The topological polar surface area (TPSA) is 71.2 Å². The van der Waals surface area contributed by atoms with E-state index >= 15 is 0 Å². The molecule has 0 heterocycles. The number of aliphatic hydroxyl groups is 1. The Kier molecular flexibility index (Phi) is 10.2. The summed E-state index contributed by atoms with van der Waals surface area (Å²) in [5, 5.41) is 17.2. The van der Waals surface area contributed by atoms with Crippen molar-refractivity contribution in [2.75, 3.05) is 6.61 Å². The predicted octanol–water partition coefficient (Wildman–Crippen LogP) is 6.28. The fourth-order valence-corrected chi connectivity index (χ4v) is 2.36. The van der Waals surface area contributed by atoms with Crippen LogP contribution in [0.25, 0.3) is 0 Å². The van der Waals surface area contributed by atoms with E-state index < -0.39 is 0 Å². The highest BCUT2D eigenvalue weighted by molar-refractivity contribution is 5.93. The van der Waals surface area contributed by atoms with Crippen molar-refractivity contribution in [1.29, 1.82) is 0 Å². The van der Waals surface area contributed by atoms with Gasteiger partial charge in [-0.25, -0.2) is 0 Å². The molecule has 0 aliphatic rings. The lowest BCUT2D eigenvalue weighted by Crippen LogP contribution is -1.97. The summed E-state index contributed by atoms with van der Waals surface area (Å²) >= 11 is 0. The van der Waals surface area contributed by atoms with Crippen molar-refractivity contribution >= 4 is 11.5 Å². The molecule has 5 nitrogen and oxygen atoms in total. The maximum atomic E-state index is 11.3. The number of allylic oxidation sites excluding steroid dienone is 2. The van der Waals surface area contributed by atoms with Gasteiger partial charge in [-0.15, -0.1) is 5.11 Å². The van der Waals surface area contributed by atoms with Gasteiger partial charge in [0.05, 0.1) is 12.3 Å². The summed E-state index contributed by atoms with van der Waals surface area (Å²) in [6.07, 6.45) is 8.82. The fraction of sp³-hybridized carbons (Fsp3) is 0.550. The SMILES string of the molecule is CCCCCCCCCOc1ccc(N=NC(C(C)=O)=C(C)O)cc1. The number of carbonyl (C=O) groups is 1. The molecule has 0 aliphatic heterocycles. The van der Waals surface area contributed by atoms with Crippen LogP contribution in [0.3, 0.4) is 0 Å². The van der Waals surface area contributed by atoms with E-state index in [1.165, 1.54) is 52.4 Å². The summed E-state index contributed by atoms with van der Waals surface area (Å²) < 4.78 is 5.72. The number of benzene rings is 1. The molecule has 0 bridgehead atoms. The number of Topliss-reactive ketones (excluding diaryl/α,β-unsaturated/α-hetero) is 1. The number of azo groups is 1. The summed E-state index contributed by atoms with van der Waals surface area (Å²) in [5.74, 6) is 0.343. The molecular weight excluding hydrogens is 316 g/mol. The van der Waals surface area contributed by atoms with Gasteiger partial charge in [0.2, 0.25) is 0 Å². The third-order valence-corrected chi connectivity index (χ3v) is 3.79. The molecule has 0 fully saturated rings. The Hall–Kier alpha value is -2.17. The highest BCUT2D eigenvalue weighted by atomic mass is 16.5. The third kappa shape index (κ3) is 9.03. The second-order valence-electron chi connectivity index (χ2n) is 6.15. The van der Waals surface area contributed by atoms with Crippen molar-refractivity contribution < 1.29 is 14.6 Å². The number of aliphatic hydroxyl groups excluding tert-OH is 1. The molecule has 25 heavy (non-hydrogen) atoms. The first-order valence-electron chi connectivity index (χ1n) is 9.10. The Morgan fingerprint density at radius 3 is 2.16 bits per heavy atom. The average Bonchev–Trinajstić information content (AvgIpc) is 2.58. The maximum absolute atomic E-state index is 11.3. The zero-order valence-corrected chi connectivity index (χ0v) is 15.6. The van der Waals surface area contributed by atoms with E-state index in [1.807, 2.05) is 12.1 Å². The van der Waals surface area contributed by atoms with Crippen molar-refractivity contribution in [3.8, 4) is 5.75 Å². The van der Waals surface area contributed by atoms with Crippen LogP contribution < -0.4 is 4.74 Å². The number of hydrogen-bond acceptors (Lipinski definition) is 5. The quantitative estimate of drug-likeness (QED) is 0.209. The molecule has 1 aromatic rings. The minimum absolute atomic E-state index is 0.0285. The van der Waals surface area contributed by atoms with E-state index in [0.29, 0.717) is 5.69 Å². The van der Waals surface area contributed by atoms with Crippen LogP contribution in [-0.2, 0) is 4.79 Å². The summed E-state index contributed by atoms with van der Waals surface area (Å²) in [6.45, 7) is 5.70. The molecule has 1 rings (SSSR count). The largest absolute Gasteiger partial charge is 0.510 e. The summed E-state index contributed by atoms with van der Waals surface area (Å²) in [5.41, 5.74) is 0.572. The number of carbonyl (C=O) groups excluding carboxylic acids is 1. The van der Waals surface area contributed by atoms with Crippen molar-refractivity contribution in [1.82, 2.24) is 0 Å². The molecule has 0 aliphatic carbocycles. The highest BCUT2D eigenvalue weighted by Crippen LogP contribution is 2.20. The monoisotopic (exact) mass is 346 g/mol. The molecule has 0 spiro atoms. The Morgan fingerprint density at radius 2 is 1.60 bits per heavy atom. The van der Waals surface area contributed by atoms with Gasteiger partial charge < -0.3 is 9.84 Å². The number of unbranched alkanes of at least 4 members (excludes halogenated alkanes) is 6.